The molecule has 3 aliphatic carbocycles. The number of nitriles is 4. The number of fused-ring (bicyclic) bond motifs is 18. The van der Waals surface area contributed by atoms with Crippen molar-refractivity contribution in [3.63, 3.8) is 0 Å². The van der Waals surface area contributed by atoms with Crippen LogP contribution in [-0.4, -0.2) is 231 Å². The van der Waals surface area contributed by atoms with Gasteiger partial charge < -0.3 is 46.8 Å². The molecule has 0 saturated carbocycles. The molecule has 124 heavy (non-hydrogen) atoms. The van der Waals surface area contributed by atoms with Gasteiger partial charge in [-0.05, 0) is 200 Å². The minimum absolute atomic E-state index is 0. The van der Waals surface area contributed by atoms with Gasteiger partial charge in [-0.3, -0.25) is 72.6 Å². The molecule has 0 radical (unpaired) electrons. The van der Waals surface area contributed by atoms with Crippen LogP contribution in [0.1, 0.15) is 202 Å². The predicted molar refractivity (Wildman–Crippen MR) is 463 cm³/mol. The maximum atomic E-state index is 13.8. The molecular weight excluding hydrogens is 1580 g/mol. The van der Waals surface area contributed by atoms with E-state index in [1.807, 2.05) is 74.5 Å². The van der Waals surface area contributed by atoms with E-state index in [2.05, 4.69) is 83.8 Å². The molecule has 0 aromatic heterocycles. The molecule has 28 nitrogen and oxygen atoms in total. The van der Waals surface area contributed by atoms with Gasteiger partial charge in [0.2, 0.25) is 17.7 Å². The summed E-state index contributed by atoms with van der Waals surface area (Å²) in [4.78, 5) is 133. The number of hydrogen-bond acceptors (Lipinski definition) is 25. The Morgan fingerprint density at radius 3 is 1.00 bits per heavy atom. The summed E-state index contributed by atoms with van der Waals surface area (Å²) in [5, 5.41) is 70.6. The van der Waals surface area contributed by atoms with Gasteiger partial charge in [0.25, 0.3) is 0 Å². The number of phenols is 2. The van der Waals surface area contributed by atoms with Crippen molar-refractivity contribution in [2.45, 2.75) is 275 Å². The van der Waals surface area contributed by atoms with Crippen LogP contribution in [0.3, 0.4) is 0 Å². The first-order valence-electron chi connectivity index (χ1n) is 41.6. The number of Topliss-reactive ketones (excluding diaryl/α,β-unsaturated/α-hetero) is 6. The van der Waals surface area contributed by atoms with Crippen LogP contribution in [-0.2, 0) is 67.2 Å². The van der Waals surface area contributed by atoms with Gasteiger partial charge in [0, 0.05) is 165 Å². The minimum atomic E-state index is -0.746. The molecule has 3 amide bonds. The zero-order valence-corrected chi connectivity index (χ0v) is 76.6. The third kappa shape index (κ3) is 16.5. The number of benzene rings is 3. The van der Waals surface area contributed by atoms with Crippen molar-refractivity contribution in [2.24, 2.45) is 17.6 Å². The molecule has 6 bridgehead atoms. The van der Waals surface area contributed by atoms with E-state index in [-0.39, 0.29) is 213 Å². The van der Waals surface area contributed by atoms with E-state index in [0.717, 1.165) is 72.5 Å². The molecule has 658 valence electrons. The van der Waals surface area contributed by atoms with Gasteiger partial charge in [0.1, 0.15) is 35.4 Å². The Labute approximate surface area is 752 Å². The number of aryl methyl sites for hydroxylation is 3. The number of aromatic hydroxyl groups is 2. The molecule has 9 aliphatic heterocycles. The van der Waals surface area contributed by atoms with Crippen LogP contribution in [0, 0.1) is 98.7 Å². The maximum Gasteiger partial charge on any atom is 1.00 e. The Kier molecular flexibility index (Phi) is 31.3. The number of phenolic OH excluding ortho intramolecular Hbond substituents is 2. The second-order valence-corrected chi connectivity index (χ2v) is 35.3. The second-order valence-electron chi connectivity index (χ2n) is 35.3. The standard InChI is InChI=1S/C32H40N4O5.C30H36N4O4.C29H35N5O4.C2H3N.2CH4.Na.H2O/c1-15(2)32(39)34-13-25-27-21(29(37)18(5)19(6)30(27)38)11-23-28-26-20(9-16(3)17(4)31(26)41-14-40-8)10-22(35(28)7)24(12-33)36(23)25;1-13(2)30(38)32-12-23-25-19(27(35)16(5)17(6)29(25)37)10-21-26-24-18(8-14(3)15(4)28(24)36)9-20(33(26)7)22(11-31)34(21)23;1-12-7-17-8-19-21(10-30)34-20(25(33(19)6)23(17)27(36)13(12)2)9-18-24(22(34)11-32-29(38)16(5)31)28(37)15(4)14(3)26(18)35;1-2-3;;;;/h9,15,22-25,28H,10-11,13-14H2,1-8H3,(H,34,39);8,13,20-23,26,36H,9-10,12H2,1-7H3,(H,32,38);7,16,19-22,25,36H,8-9,11,31H2,1-6H3,(H,32,38);1H3;2*1H4;;1H2/q;;;;;;+1;/p-1/t22-,23?,24?,25-,28-;20-,21?,22?,23-,26-;16-,19-,20?,21?,22-,25-;;;;;/m000...../s1. The van der Waals surface area contributed by atoms with Gasteiger partial charge in [-0.25, -0.2) is 0 Å². The van der Waals surface area contributed by atoms with Gasteiger partial charge in [-0.15, -0.1) is 0 Å². The monoisotopic (exact) mass is 1710 g/mol. The Morgan fingerprint density at radius 1 is 0.460 bits per heavy atom. The molecule has 3 saturated heterocycles. The van der Waals surface area contributed by atoms with E-state index < -0.39 is 42.3 Å². The Morgan fingerprint density at radius 2 is 0.726 bits per heavy atom. The number of hydrogen-bond donors (Lipinski definition) is 6. The predicted octanol–water partition coefficient (Wildman–Crippen LogP) is 6.03. The average Bonchev–Trinajstić information content (AvgIpc) is 0.708. The molecule has 3 fully saturated rings. The fourth-order valence-electron chi connectivity index (χ4n) is 21.2. The van der Waals surface area contributed by atoms with Gasteiger partial charge in [-0.2, -0.15) is 21.0 Å². The number of methoxy groups -OCH3 is 1. The minimum Gasteiger partial charge on any atom is -0.870 e. The van der Waals surface area contributed by atoms with Gasteiger partial charge >= 0.3 is 29.6 Å². The Balaban J connectivity index is 0.000000223. The molecular formula is C95H123N14NaO14. The normalized spacial score (nSPS) is 27.4. The zero-order valence-electron chi connectivity index (χ0n) is 74.6. The fraction of sp³-hybridized carbons (Fsp3) is 0.547. The van der Waals surface area contributed by atoms with E-state index in [4.69, 9.17) is 20.5 Å². The van der Waals surface area contributed by atoms with Crippen molar-refractivity contribution < 1.29 is 97.9 Å². The van der Waals surface area contributed by atoms with Crippen molar-refractivity contribution >= 4 is 52.4 Å². The van der Waals surface area contributed by atoms with E-state index in [1.54, 1.807) is 75.5 Å². The summed E-state index contributed by atoms with van der Waals surface area (Å²) in [5.41, 5.74) is 22.6. The number of nitrogens with one attached hydrogen (secondary N) is 3. The van der Waals surface area contributed by atoms with Gasteiger partial charge in [0.05, 0.1) is 66.6 Å². The number of allylic oxidation sites excluding steroid dienone is 6. The zero-order chi connectivity index (χ0) is 88.2. The first-order valence-corrected chi connectivity index (χ1v) is 41.6. The Bertz CT molecular complexity index is 5120. The summed E-state index contributed by atoms with van der Waals surface area (Å²) in [6.07, 6.45) is 2.68. The molecule has 6 unspecified atom stereocenters. The van der Waals surface area contributed by atoms with Crippen LogP contribution in [0.5, 0.6) is 17.2 Å². The molecule has 3 aromatic carbocycles. The van der Waals surface area contributed by atoms with Crippen molar-refractivity contribution in [2.75, 3.05) is 54.7 Å². The Hall–Kier alpha value is -9.47. The fourth-order valence-corrected chi connectivity index (χ4v) is 21.2. The first kappa shape index (κ1) is 99.9. The van der Waals surface area contributed by atoms with E-state index in [0.29, 0.717) is 99.0 Å². The number of ether oxygens (including phenoxy) is 2. The third-order valence-electron chi connectivity index (χ3n) is 28.3. The van der Waals surface area contributed by atoms with Crippen molar-refractivity contribution in [1.29, 1.82) is 21.0 Å². The molecule has 12 aliphatic rings. The maximum absolute atomic E-state index is 13.8. The summed E-state index contributed by atoms with van der Waals surface area (Å²) < 4.78 is 11.5. The number of carbonyl (C=O) groups is 9. The van der Waals surface area contributed by atoms with Gasteiger partial charge in [-0.1, -0.05) is 60.7 Å². The molecule has 3 aromatic rings. The van der Waals surface area contributed by atoms with Crippen LogP contribution in [0.4, 0.5) is 0 Å². The quantitative estimate of drug-likeness (QED) is 0.0684. The molecule has 8 N–H and O–H groups in total. The van der Waals surface area contributed by atoms with Crippen LogP contribution < -0.4 is 56.0 Å². The number of piperazine rings is 3. The van der Waals surface area contributed by atoms with E-state index in [1.165, 1.54) is 6.92 Å². The molecule has 15 rings (SSSR count). The number of likely N-dealkylation sites (N-methyl/N-ethyl adjacent to an activating group) is 3. The average molecular weight is 1710 g/mol. The van der Waals surface area contributed by atoms with Gasteiger partial charge in [0.15, 0.2) is 41.5 Å². The van der Waals surface area contributed by atoms with E-state index in [9.17, 15) is 69.1 Å². The van der Waals surface area contributed by atoms with Crippen LogP contribution in [0.25, 0.3) is 0 Å². The number of carbonyl (C=O) groups excluding carboxylic acids is 9. The number of rotatable bonds is 12. The SMILES string of the molecule is C.C.CC#N.CC1=C(C)C(=O)C2=C(CC3[C@H]4c5c(cc(C)c(C)c5O)C[C@@H](C(C#N)N3[C@H]2CNC(=O)C(C)C)N4C)C1=O.CC1=C(C)C(=O)C2=C(CC3[C@H]4c5c(cc(C)c(C)c5O)C[C@@H](C(C#N)N3[C@H]2CNC(=O)[C@H](C)N)N4C)C1=O.COCOc1c(C)c(C)cc2c1[C@@H]1C3CC4=C(C(=O)C(C)=C(C)C4=O)[C@H](CNC(=O)C(C)C)N3C(C#N)[C@H](C2)N1C.[Na+].[OH-]. The largest absolute Gasteiger partial charge is 1.00 e. The van der Waals surface area contributed by atoms with Crippen molar-refractivity contribution in [3.05, 3.63) is 152 Å². The summed E-state index contributed by atoms with van der Waals surface area (Å²) in [6, 6.07) is 9.07. The smallest absolute Gasteiger partial charge is 0.870 e. The topological polar surface area (TPSA) is 419 Å². The number of amides is 3. The van der Waals surface area contributed by atoms with Crippen LogP contribution in [0.15, 0.2) is 85.1 Å². The summed E-state index contributed by atoms with van der Waals surface area (Å²) in [6.45, 7) is 32.6. The second kappa shape index (κ2) is 38.8. The first-order chi connectivity index (χ1) is 56.6. The molecule has 16 atom stereocenters. The van der Waals surface area contributed by atoms with Crippen molar-refractivity contribution in [3.8, 4) is 41.5 Å². The number of ketones is 6. The van der Waals surface area contributed by atoms with Crippen molar-refractivity contribution in [1.82, 2.24) is 45.3 Å². The molecule has 9 heterocycles. The summed E-state index contributed by atoms with van der Waals surface area (Å²) >= 11 is 0. The number of nitrogens with zero attached hydrogens (tertiary/aromatic N) is 10. The summed E-state index contributed by atoms with van der Waals surface area (Å²) in [7, 11) is 7.58. The van der Waals surface area contributed by atoms with Crippen LogP contribution >= 0.6 is 0 Å². The summed E-state index contributed by atoms with van der Waals surface area (Å²) in [5.74, 6) is -0.881. The molecule has 0 spiro atoms. The van der Waals surface area contributed by atoms with Crippen LogP contribution in [0.2, 0.25) is 0 Å². The molecule has 29 heteroatoms. The van der Waals surface area contributed by atoms with E-state index >= 15 is 0 Å². The number of nitrogens with two attached hydrogens (primary N) is 1. The third-order valence-corrected chi connectivity index (χ3v) is 28.3.